The van der Waals surface area contributed by atoms with Crippen molar-refractivity contribution in [3.05, 3.63) is 55.9 Å². The highest BCUT2D eigenvalue weighted by molar-refractivity contribution is 7.18. The monoisotopic (exact) mass is 391 g/mol. The quantitative estimate of drug-likeness (QED) is 0.659. The van der Waals surface area contributed by atoms with E-state index in [2.05, 4.69) is 11.9 Å². The number of nitrogens with zero attached hydrogens (tertiary/aromatic N) is 2. The van der Waals surface area contributed by atoms with Gasteiger partial charge in [0.25, 0.3) is 5.56 Å². The Labute approximate surface area is 159 Å². The molecule has 1 atom stereocenters. The number of nitrogen functional groups attached to an aromatic ring is 1. The third-order valence-electron chi connectivity index (χ3n) is 4.85. The number of hydrogen-bond acceptors (Lipinski definition) is 5. The largest absolute Gasteiger partial charge is 0.484 e. The van der Waals surface area contributed by atoms with E-state index < -0.39 is 0 Å². The summed E-state index contributed by atoms with van der Waals surface area (Å²) < 4.78 is 6.81. The summed E-state index contributed by atoms with van der Waals surface area (Å²) >= 11 is 7.71. The van der Waals surface area contributed by atoms with Crippen LogP contribution in [0.4, 0.5) is 0 Å². The van der Waals surface area contributed by atoms with Gasteiger partial charge in [0.1, 0.15) is 23.7 Å². The van der Waals surface area contributed by atoms with Crippen LogP contribution in [0.5, 0.6) is 5.75 Å². The van der Waals surface area contributed by atoms with Gasteiger partial charge in [0.15, 0.2) is 5.82 Å². The first-order valence-corrected chi connectivity index (χ1v) is 9.80. The van der Waals surface area contributed by atoms with Crippen LogP contribution in [0.1, 0.15) is 23.2 Å². The maximum absolute atomic E-state index is 12.8. The molecule has 1 aliphatic heterocycles. The van der Waals surface area contributed by atoms with Crippen molar-refractivity contribution < 1.29 is 9.64 Å². The number of para-hydroxylation sites is 1. The first-order chi connectivity index (χ1) is 12.6. The van der Waals surface area contributed by atoms with E-state index in [1.807, 2.05) is 12.1 Å². The molecule has 0 amide bonds. The molecular weight excluding hydrogens is 372 g/mol. The molecule has 1 aromatic carbocycles. The molecule has 1 aliphatic rings. The zero-order valence-corrected chi connectivity index (χ0v) is 16.0. The molecule has 0 saturated carbocycles. The van der Waals surface area contributed by atoms with E-state index in [0.29, 0.717) is 22.0 Å². The Kier molecular flexibility index (Phi) is 4.60. The van der Waals surface area contributed by atoms with E-state index in [1.54, 1.807) is 23.5 Å². The minimum Gasteiger partial charge on any atom is -0.484 e. The lowest BCUT2D eigenvalue weighted by molar-refractivity contribution is -0.913. The number of rotatable bonds is 4. The number of hydrogen-bond donors (Lipinski definition) is 2. The van der Waals surface area contributed by atoms with Crippen LogP contribution < -0.4 is 21.0 Å². The number of fused-ring (bicyclic) bond motifs is 3. The molecule has 0 radical (unpaired) electrons. The molecule has 136 valence electrons. The third-order valence-corrected chi connectivity index (χ3v) is 6.28. The van der Waals surface area contributed by atoms with Crippen molar-refractivity contribution in [2.45, 2.75) is 26.5 Å². The molecule has 3 N–H and O–H groups in total. The molecule has 26 heavy (non-hydrogen) atoms. The van der Waals surface area contributed by atoms with Crippen LogP contribution in [-0.2, 0) is 19.6 Å². The van der Waals surface area contributed by atoms with Gasteiger partial charge in [0, 0.05) is 6.42 Å². The summed E-state index contributed by atoms with van der Waals surface area (Å²) in [6.45, 7) is 5.33. The Hall–Kier alpha value is -2.09. The van der Waals surface area contributed by atoms with Crippen molar-refractivity contribution in [1.82, 2.24) is 9.66 Å². The number of benzene rings is 1. The molecule has 0 aliphatic carbocycles. The summed E-state index contributed by atoms with van der Waals surface area (Å²) in [5, 5.41) is 1.18. The fourth-order valence-corrected chi connectivity index (χ4v) is 4.83. The van der Waals surface area contributed by atoms with E-state index >= 15 is 0 Å². The maximum atomic E-state index is 12.8. The summed E-state index contributed by atoms with van der Waals surface area (Å²) in [6.07, 6.45) is 0.894. The Morgan fingerprint density at radius 2 is 2.23 bits per heavy atom. The lowest BCUT2D eigenvalue weighted by atomic mass is 10.1. The Balaban J connectivity index is 1.70. The van der Waals surface area contributed by atoms with Crippen molar-refractivity contribution in [1.29, 1.82) is 0 Å². The highest BCUT2D eigenvalue weighted by Gasteiger charge is 2.26. The fourth-order valence-electron chi connectivity index (χ4n) is 3.34. The number of nitrogens with one attached hydrogen (secondary N) is 1. The molecule has 1 unspecified atom stereocenters. The van der Waals surface area contributed by atoms with Crippen molar-refractivity contribution >= 4 is 33.2 Å². The van der Waals surface area contributed by atoms with Crippen molar-refractivity contribution in [3.63, 3.8) is 0 Å². The van der Waals surface area contributed by atoms with Crippen LogP contribution in [0, 0.1) is 0 Å². The second-order valence-corrected chi connectivity index (χ2v) is 7.88. The van der Waals surface area contributed by atoms with Crippen LogP contribution in [-0.4, -0.2) is 22.7 Å². The maximum Gasteiger partial charge on any atom is 0.281 e. The second kappa shape index (κ2) is 6.90. The average molecular weight is 392 g/mol. The lowest BCUT2D eigenvalue weighted by Crippen LogP contribution is -3.11. The molecule has 0 spiro atoms. The van der Waals surface area contributed by atoms with Crippen molar-refractivity contribution in [2.24, 2.45) is 0 Å². The Morgan fingerprint density at radius 3 is 3.00 bits per heavy atom. The first-order valence-electron chi connectivity index (χ1n) is 8.60. The molecular formula is C18H20ClN4O2S+. The summed E-state index contributed by atoms with van der Waals surface area (Å²) in [7, 11) is 0. The average Bonchev–Trinajstić information content (AvgIpc) is 3.02. The van der Waals surface area contributed by atoms with Gasteiger partial charge < -0.3 is 15.5 Å². The number of thiophene rings is 1. The smallest absolute Gasteiger partial charge is 0.281 e. The molecule has 3 heterocycles. The van der Waals surface area contributed by atoms with Gasteiger partial charge in [0.2, 0.25) is 0 Å². The SMILES string of the molecule is CC[NH+]1CCc2c(sc3nc(COc4ccccc4Cl)n(N)c(=O)c23)C1. The van der Waals surface area contributed by atoms with Gasteiger partial charge in [-0.3, -0.25) is 4.79 Å². The zero-order chi connectivity index (χ0) is 18.3. The molecule has 4 rings (SSSR count). The van der Waals surface area contributed by atoms with Crippen LogP contribution >= 0.6 is 22.9 Å². The minimum absolute atomic E-state index is 0.0836. The van der Waals surface area contributed by atoms with Crippen LogP contribution in [0.2, 0.25) is 5.02 Å². The highest BCUT2D eigenvalue weighted by Crippen LogP contribution is 2.29. The molecule has 3 aromatic rings. The Bertz CT molecular complexity index is 1030. The van der Waals surface area contributed by atoms with Crippen LogP contribution in [0.25, 0.3) is 10.2 Å². The van der Waals surface area contributed by atoms with Gasteiger partial charge in [-0.25, -0.2) is 9.66 Å². The standard InChI is InChI=1S/C18H19ClN4O2S/c1-2-22-8-7-11-14(9-22)26-17-16(11)18(24)23(20)15(21-17)10-25-13-6-4-3-5-12(13)19/h3-6H,2,7-10,20H2,1H3/p+1. The first kappa shape index (κ1) is 17.3. The normalized spacial score (nSPS) is 16.6. The summed E-state index contributed by atoms with van der Waals surface area (Å²) in [5.74, 6) is 6.95. The zero-order valence-electron chi connectivity index (χ0n) is 14.4. The minimum atomic E-state index is -0.204. The lowest BCUT2D eigenvalue weighted by Gasteiger charge is -2.22. The van der Waals surface area contributed by atoms with Gasteiger partial charge in [0.05, 0.1) is 28.4 Å². The summed E-state index contributed by atoms with van der Waals surface area (Å²) in [4.78, 5) is 21.0. The highest BCUT2D eigenvalue weighted by atomic mass is 35.5. The predicted molar refractivity (Wildman–Crippen MR) is 104 cm³/mol. The molecule has 8 heteroatoms. The topological polar surface area (TPSA) is 74.6 Å². The molecule has 0 saturated heterocycles. The van der Waals surface area contributed by atoms with E-state index in [9.17, 15) is 4.79 Å². The van der Waals surface area contributed by atoms with Gasteiger partial charge in [-0.1, -0.05) is 23.7 Å². The van der Waals surface area contributed by atoms with Crippen LogP contribution in [0.3, 0.4) is 0 Å². The summed E-state index contributed by atoms with van der Waals surface area (Å²) in [5.41, 5.74) is 0.919. The predicted octanol–water partition coefficient (Wildman–Crippen LogP) is 1.37. The van der Waals surface area contributed by atoms with Crippen molar-refractivity contribution in [2.75, 3.05) is 18.9 Å². The number of ether oxygens (including phenoxy) is 1. The Morgan fingerprint density at radius 1 is 1.42 bits per heavy atom. The molecule has 0 bridgehead atoms. The van der Waals surface area contributed by atoms with Gasteiger partial charge in [-0.15, -0.1) is 11.3 Å². The van der Waals surface area contributed by atoms with Crippen LogP contribution in [0.15, 0.2) is 29.1 Å². The molecule has 2 aromatic heterocycles. The van der Waals surface area contributed by atoms with E-state index in [1.165, 1.54) is 9.78 Å². The van der Waals surface area contributed by atoms with E-state index in [-0.39, 0.29) is 12.2 Å². The van der Waals surface area contributed by atoms with Gasteiger partial charge >= 0.3 is 0 Å². The third kappa shape index (κ3) is 2.96. The number of likely N-dealkylation sites (N-methyl/N-ethyl adjacent to an activating group) is 1. The fraction of sp³-hybridized carbons (Fsp3) is 0.333. The van der Waals surface area contributed by atoms with Crippen molar-refractivity contribution in [3.8, 4) is 5.75 Å². The van der Waals surface area contributed by atoms with E-state index in [4.69, 9.17) is 22.2 Å². The van der Waals surface area contributed by atoms with E-state index in [0.717, 1.165) is 41.1 Å². The van der Waals surface area contributed by atoms with Gasteiger partial charge in [-0.05, 0) is 24.6 Å². The number of halogens is 1. The number of nitrogens with two attached hydrogens (primary N) is 1. The molecule has 6 nitrogen and oxygen atoms in total. The number of quaternary nitrogens is 1. The molecule has 0 fully saturated rings. The summed E-state index contributed by atoms with van der Waals surface area (Å²) in [6, 6.07) is 7.18. The number of aromatic nitrogens is 2. The second-order valence-electron chi connectivity index (χ2n) is 6.39. The van der Waals surface area contributed by atoms with Gasteiger partial charge in [-0.2, -0.15) is 0 Å².